The van der Waals surface area contributed by atoms with Crippen LogP contribution in [0, 0.1) is 6.92 Å². The van der Waals surface area contributed by atoms with Crippen molar-refractivity contribution in [2.75, 3.05) is 0 Å². The van der Waals surface area contributed by atoms with Gasteiger partial charge in [-0.25, -0.2) is 4.79 Å². The Morgan fingerprint density at radius 2 is 2.07 bits per heavy atom. The Morgan fingerprint density at radius 1 is 1.47 bits per heavy atom. The molecule has 0 aliphatic heterocycles. The summed E-state index contributed by atoms with van der Waals surface area (Å²) in [5.74, 6) is 1.13. The molecule has 0 fully saturated rings. The molecule has 0 aromatic carbocycles. The van der Waals surface area contributed by atoms with Gasteiger partial charge in [0.1, 0.15) is 22.7 Å². The van der Waals surface area contributed by atoms with E-state index in [1.807, 2.05) is 34.6 Å². The van der Waals surface area contributed by atoms with E-state index in [4.69, 9.17) is 9.15 Å². The molecule has 0 atom stereocenters. The van der Waals surface area contributed by atoms with Crippen LogP contribution in [-0.2, 0) is 11.2 Å². The largest absolute Gasteiger partial charge is 0.465 e. The lowest BCUT2D eigenvalue weighted by atomic mass is 10.1. The summed E-state index contributed by atoms with van der Waals surface area (Å²) in [6.45, 7) is 9.33. The van der Waals surface area contributed by atoms with Crippen LogP contribution in [0.2, 0.25) is 0 Å². The number of hydrogen-bond acceptors (Lipinski definition) is 3. The van der Waals surface area contributed by atoms with Crippen LogP contribution in [0.5, 0.6) is 0 Å². The summed E-state index contributed by atoms with van der Waals surface area (Å²) in [5, 5.41) is 0. The molecule has 1 heterocycles. The second kappa shape index (κ2) is 4.09. The number of carbonyl (C=O) groups excluding carboxylic acids is 1. The van der Waals surface area contributed by atoms with Crippen molar-refractivity contribution in [3.8, 4) is 0 Å². The van der Waals surface area contributed by atoms with Crippen LogP contribution in [0.4, 0.5) is 0 Å². The summed E-state index contributed by atoms with van der Waals surface area (Å²) in [6, 6.07) is 1.73. The zero-order valence-electron chi connectivity index (χ0n) is 10.0. The number of esters is 1. The lowest BCUT2D eigenvalue weighted by Gasteiger charge is -2.19. The third-order valence-electron chi connectivity index (χ3n) is 1.87. The molecule has 84 valence electrons. The first-order valence-electron chi connectivity index (χ1n) is 5.16. The van der Waals surface area contributed by atoms with Gasteiger partial charge < -0.3 is 9.15 Å². The summed E-state index contributed by atoms with van der Waals surface area (Å²) in [7, 11) is 0. The van der Waals surface area contributed by atoms with Gasteiger partial charge in [0.25, 0.3) is 0 Å². The van der Waals surface area contributed by atoms with Gasteiger partial charge in [-0.1, -0.05) is 6.92 Å². The van der Waals surface area contributed by atoms with E-state index in [0.29, 0.717) is 17.7 Å². The van der Waals surface area contributed by atoms with E-state index in [9.17, 15) is 4.79 Å². The monoisotopic (exact) mass is 210 g/mol. The van der Waals surface area contributed by atoms with Crippen LogP contribution in [-0.4, -0.2) is 11.6 Å². The highest BCUT2D eigenvalue weighted by Crippen LogP contribution is 2.19. The van der Waals surface area contributed by atoms with Crippen molar-refractivity contribution in [1.29, 1.82) is 0 Å². The molecular weight excluding hydrogens is 192 g/mol. The van der Waals surface area contributed by atoms with Gasteiger partial charge in [0.05, 0.1) is 0 Å². The van der Waals surface area contributed by atoms with Crippen LogP contribution >= 0.6 is 0 Å². The fourth-order valence-electron chi connectivity index (χ4n) is 1.33. The molecule has 0 saturated heterocycles. The maximum Gasteiger partial charge on any atom is 0.342 e. The van der Waals surface area contributed by atoms with Gasteiger partial charge in [0, 0.05) is 6.42 Å². The molecule has 15 heavy (non-hydrogen) atoms. The third-order valence-corrected chi connectivity index (χ3v) is 1.87. The Labute approximate surface area is 90.4 Å². The molecule has 0 aliphatic rings. The topological polar surface area (TPSA) is 39.4 Å². The van der Waals surface area contributed by atoms with Gasteiger partial charge in [-0.3, -0.25) is 0 Å². The zero-order chi connectivity index (χ0) is 11.6. The van der Waals surface area contributed by atoms with E-state index in [2.05, 4.69) is 0 Å². The summed E-state index contributed by atoms with van der Waals surface area (Å²) in [6.07, 6.45) is 0.697. The van der Waals surface area contributed by atoms with Crippen molar-refractivity contribution in [1.82, 2.24) is 0 Å². The zero-order valence-corrected chi connectivity index (χ0v) is 10.0. The highest BCUT2D eigenvalue weighted by molar-refractivity contribution is 5.91. The standard InChI is InChI=1S/C12H18O3/c1-6-10-9(7-8(2)14-10)11(13)15-12(3,4)5/h7H,6H2,1-5H3. The smallest absolute Gasteiger partial charge is 0.342 e. The highest BCUT2D eigenvalue weighted by Gasteiger charge is 2.22. The lowest BCUT2D eigenvalue weighted by molar-refractivity contribution is 0.00673. The molecule has 0 bridgehead atoms. The SMILES string of the molecule is CCc1oc(C)cc1C(=O)OC(C)(C)C. The average Bonchev–Trinajstić information content (AvgIpc) is 2.43. The number of furan rings is 1. The molecule has 0 N–H and O–H groups in total. The van der Waals surface area contributed by atoms with E-state index in [1.54, 1.807) is 6.07 Å². The summed E-state index contributed by atoms with van der Waals surface area (Å²) >= 11 is 0. The quantitative estimate of drug-likeness (QED) is 0.704. The van der Waals surface area contributed by atoms with Crippen LogP contribution in [0.1, 0.15) is 49.6 Å². The second-order valence-corrected chi connectivity index (χ2v) is 4.55. The molecule has 0 saturated carbocycles. The molecule has 0 unspecified atom stereocenters. The minimum absolute atomic E-state index is 0.309. The first kappa shape index (κ1) is 11.8. The number of ether oxygens (including phenoxy) is 1. The Bertz CT molecular complexity index is 355. The van der Waals surface area contributed by atoms with Gasteiger partial charge in [-0.05, 0) is 33.8 Å². The molecule has 3 nitrogen and oxygen atoms in total. The minimum Gasteiger partial charge on any atom is -0.465 e. The van der Waals surface area contributed by atoms with Crippen molar-refractivity contribution in [3.63, 3.8) is 0 Å². The first-order valence-corrected chi connectivity index (χ1v) is 5.16. The fourth-order valence-corrected chi connectivity index (χ4v) is 1.33. The van der Waals surface area contributed by atoms with Gasteiger partial charge in [0.15, 0.2) is 0 Å². The van der Waals surface area contributed by atoms with Gasteiger partial charge >= 0.3 is 5.97 Å². The Balaban J connectivity index is 2.91. The molecule has 0 amide bonds. The maximum atomic E-state index is 11.8. The van der Waals surface area contributed by atoms with Crippen LogP contribution < -0.4 is 0 Å². The lowest BCUT2D eigenvalue weighted by Crippen LogP contribution is -2.24. The van der Waals surface area contributed by atoms with Crippen molar-refractivity contribution in [2.24, 2.45) is 0 Å². The number of hydrogen-bond donors (Lipinski definition) is 0. The van der Waals surface area contributed by atoms with Gasteiger partial charge in [0.2, 0.25) is 0 Å². The summed E-state index contributed by atoms with van der Waals surface area (Å²) in [5.41, 5.74) is 0.0812. The van der Waals surface area contributed by atoms with Crippen molar-refractivity contribution in [3.05, 3.63) is 23.2 Å². The van der Waals surface area contributed by atoms with Crippen LogP contribution in [0.3, 0.4) is 0 Å². The molecule has 1 aromatic rings. The Kier molecular flexibility index (Phi) is 3.22. The first-order chi connectivity index (χ1) is 6.83. The van der Waals surface area contributed by atoms with E-state index < -0.39 is 5.60 Å². The minimum atomic E-state index is -0.465. The molecule has 1 aromatic heterocycles. The summed E-state index contributed by atoms with van der Waals surface area (Å²) in [4.78, 5) is 11.8. The fraction of sp³-hybridized carbons (Fsp3) is 0.583. The second-order valence-electron chi connectivity index (χ2n) is 4.55. The predicted molar refractivity (Wildman–Crippen MR) is 58.0 cm³/mol. The normalized spacial score (nSPS) is 11.5. The van der Waals surface area contributed by atoms with E-state index in [1.165, 1.54) is 0 Å². The predicted octanol–water partition coefficient (Wildman–Crippen LogP) is 3.11. The molecule has 1 rings (SSSR count). The maximum absolute atomic E-state index is 11.8. The highest BCUT2D eigenvalue weighted by atomic mass is 16.6. The molecule has 3 heteroatoms. The van der Waals surface area contributed by atoms with Crippen LogP contribution in [0.25, 0.3) is 0 Å². The summed E-state index contributed by atoms with van der Waals surface area (Å²) < 4.78 is 10.7. The van der Waals surface area contributed by atoms with Crippen molar-refractivity contribution in [2.45, 2.75) is 46.6 Å². The number of aryl methyl sites for hydroxylation is 2. The van der Waals surface area contributed by atoms with Gasteiger partial charge in [-0.15, -0.1) is 0 Å². The third kappa shape index (κ3) is 3.11. The van der Waals surface area contributed by atoms with E-state index in [0.717, 1.165) is 5.76 Å². The Hall–Kier alpha value is -1.25. The van der Waals surface area contributed by atoms with Crippen molar-refractivity contribution >= 4 is 5.97 Å². The molecule has 0 spiro atoms. The average molecular weight is 210 g/mol. The molecule has 0 radical (unpaired) electrons. The van der Waals surface area contributed by atoms with Crippen molar-refractivity contribution < 1.29 is 13.9 Å². The number of carbonyl (C=O) groups is 1. The molecule has 0 aliphatic carbocycles. The van der Waals surface area contributed by atoms with Gasteiger partial charge in [-0.2, -0.15) is 0 Å². The molecular formula is C12H18O3. The van der Waals surface area contributed by atoms with E-state index in [-0.39, 0.29) is 5.97 Å². The Morgan fingerprint density at radius 3 is 2.53 bits per heavy atom. The number of rotatable bonds is 2. The van der Waals surface area contributed by atoms with E-state index >= 15 is 0 Å². The van der Waals surface area contributed by atoms with Crippen LogP contribution in [0.15, 0.2) is 10.5 Å².